The minimum absolute atomic E-state index is 0.0326. The highest BCUT2D eigenvalue weighted by molar-refractivity contribution is 5.98. The standard InChI is InChI=1S/C15H18N2O3/c18-12-5-3-4-11(8-12)10-17-13(19)9-16-14(20)15(17)6-1-2-7-15/h3-5,8,18H,1-2,6-7,9-10H2,(H,16,20). The first-order valence-electron chi connectivity index (χ1n) is 6.98. The predicted molar refractivity (Wildman–Crippen MR) is 72.9 cm³/mol. The van der Waals surface area contributed by atoms with Crippen molar-refractivity contribution in [2.24, 2.45) is 0 Å². The van der Waals surface area contributed by atoms with E-state index >= 15 is 0 Å². The Labute approximate surface area is 117 Å². The third-order valence-corrected chi connectivity index (χ3v) is 4.32. The summed E-state index contributed by atoms with van der Waals surface area (Å²) in [4.78, 5) is 26.2. The van der Waals surface area contributed by atoms with Gasteiger partial charge in [-0.1, -0.05) is 25.0 Å². The fourth-order valence-corrected chi connectivity index (χ4v) is 3.31. The third-order valence-electron chi connectivity index (χ3n) is 4.32. The molecular formula is C15H18N2O3. The van der Waals surface area contributed by atoms with Crippen molar-refractivity contribution in [3.05, 3.63) is 29.8 Å². The second-order valence-electron chi connectivity index (χ2n) is 5.57. The van der Waals surface area contributed by atoms with Crippen LogP contribution in [0.4, 0.5) is 0 Å². The van der Waals surface area contributed by atoms with Crippen molar-refractivity contribution >= 4 is 11.8 Å². The Kier molecular flexibility index (Phi) is 3.12. The topological polar surface area (TPSA) is 69.6 Å². The summed E-state index contributed by atoms with van der Waals surface area (Å²) in [6, 6.07) is 6.85. The second-order valence-corrected chi connectivity index (χ2v) is 5.57. The van der Waals surface area contributed by atoms with Crippen molar-refractivity contribution in [3.8, 4) is 5.75 Å². The molecule has 1 aromatic carbocycles. The van der Waals surface area contributed by atoms with Crippen LogP contribution < -0.4 is 5.32 Å². The fourth-order valence-electron chi connectivity index (χ4n) is 3.31. The van der Waals surface area contributed by atoms with Gasteiger partial charge < -0.3 is 15.3 Å². The maximum Gasteiger partial charge on any atom is 0.246 e. The number of nitrogens with one attached hydrogen (secondary N) is 1. The van der Waals surface area contributed by atoms with Crippen molar-refractivity contribution in [2.75, 3.05) is 6.54 Å². The highest BCUT2D eigenvalue weighted by Gasteiger charge is 2.50. The van der Waals surface area contributed by atoms with Gasteiger partial charge in [-0.3, -0.25) is 9.59 Å². The molecule has 5 heteroatoms. The van der Waals surface area contributed by atoms with E-state index in [-0.39, 0.29) is 24.1 Å². The number of nitrogens with zero attached hydrogens (tertiary/aromatic N) is 1. The first-order chi connectivity index (χ1) is 9.62. The van der Waals surface area contributed by atoms with Gasteiger partial charge >= 0.3 is 0 Å². The number of piperazine rings is 1. The number of phenolic OH excluding ortho intramolecular Hbond substituents is 1. The number of rotatable bonds is 2. The van der Waals surface area contributed by atoms with E-state index in [0.29, 0.717) is 6.54 Å². The second kappa shape index (κ2) is 4.81. The highest BCUT2D eigenvalue weighted by Crippen LogP contribution is 2.38. The van der Waals surface area contributed by atoms with E-state index in [1.807, 2.05) is 6.07 Å². The number of hydrogen-bond donors (Lipinski definition) is 2. The number of aromatic hydroxyl groups is 1. The van der Waals surface area contributed by atoms with Crippen LogP contribution in [0.2, 0.25) is 0 Å². The molecule has 0 radical (unpaired) electrons. The lowest BCUT2D eigenvalue weighted by Gasteiger charge is -2.43. The van der Waals surface area contributed by atoms with Crippen LogP contribution in [0.5, 0.6) is 5.75 Å². The number of amides is 2. The van der Waals surface area contributed by atoms with Gasteiger partial charge in [-0.25, -0.2) is 0 Å². The monoisotopic (exact) mass is 274 g/mol. The summed E-state index contributed by atoms with van der Waals surface area (Å²) in [6.07, 6.45) is 3.39. The lowest BCUT2D eigenvalue weighted by Crippen LogP contribution is -2.65. The zero-order chi connectivity index (χ0) is 14.2. The third kappa shape index (κ3) is 2.03. The number of benzene rings is 1. The largest absolute Gasteiger partial charge is 0.508 e. The molecule has 1 heterocycles. The fraction of sp³-hybridized carbons (Fsp3) is 0.467. The molecule has 1 spiro atoms. The molecule has 0 atom stereocenters. The van der Waals surface area contributed by atoms with Gasteiger partial charge in [-0.15, -0.1) is 0 Å². The van der Waals surface area contributed by atoms with Gasteiger partial charge in [-0.2, -0.15) is 0 Å². The molecule has 2 amide bonds. The smallest absolute Gasteiger partial charge is 0.246 e. The first-order valence-corrected chi connectivity index (χ1v) is 6.98. The van der Waals surface area contributed by atoms with E-state index in [1.54, 1.807) is 23.1 Å². The van der Waals surface area contributed by atoms with Crippen LogP contribution in [0.25, 0.3) is 0 Å². The normalized spacial score (nSPS) is 21.3. The van der Waals surface area contributed by atoms with Crippen molar-refractivity contribution in [1.29, 1.82) is 0 Å². The summed E-state index contributed by atoms with van der Waals surface area (Å²) in [7, 11) is 0. The summed E-state index contributed by atoms with van der Waals surface area (Å²) in [5, 5.41) is 12.2. The SMILES string of the molecule is O=C1CNC(=O)C2(CCCC2)N1Cc1cccc(O)c1. The quantitative estimate of drug-likeness (QED) is 0.850. The van der Waals surface area contributed by atoms with E-state index in [2.05, 4.69) is 5.32 Å². The molecule has 20 heavy (non-hydrogen) atoms. The number of hydrogen-bond acceptors (Lipinski definition) is 3. The van der Waals surface area contributed by atoms with E-state index < -0.39 is 5.54 Å². The van der Waals surface area contributed by atoms with Gasteiger partial charge in [0.05, 0.1) is 6.54 Å². The van der Waals surface area contributed by atoms with Gasteiger partial charge in [0, 0.05) is 6.54 Å². The molecule has 1 aliphatic carbocycles. The maximum absolute atomic E-state index is 12.3. The van der Waals surface area contributed by atoms with Crippen molar-refractivity contribution in [2.45, 2.75) is 37.8 Å². The Morgan fingerprint density at radius 3 is 2.70 bits per heavy atom. The van der Waals surface area contributed by atoms with Crippen LogP contribution in [-0.2, 0) is 16.1 Å². The summed E-state index contributed by atoms with van der Waals surface area (Å²) in [6.45, 7) is 0.444. The lowest BCUT2D eigenvalue weighted by molar-refractivity contribution is -0.154. The summed E-state index contributed by atoms with van der Waals surface area (Å²) in [5.74, 6) is 0.0986. The van der Waals surface area contributed by atoms with E-state index in [0.717, 1.165) is 31.2 Å². The molecule has 0 unspecified atom stereocenters. The van der Waals surface area contributed by atoms with Crippen LogP contribution >= 0.6 is 0 Å². The van der Waals surface area contributed by atoms with Crippen LogP contribution in [0, 0.1) is 0 Å². The molecule has 1 aliphatic heterocycles. The van der Waals surface area contributed by atoms with Gasteiger partial charge in [0.2, 0.25) is 11.8 Å². The van der Waals surface area contributed by atoms with E-state index in [4.69, 9.17) is 0 Å². The molecule has 1 aromatic rings. The lowest BCUT2D eigenvalue weighted by atomic mass is 9.90. The van der Waals surface area contributed by atoms with Crippen LogP contribution in [0.15, 0.2) is 24.3 Å². The first kappa shape index (κ1) is 13.0. The van der Waals surface area contributed by atoms with Crippen LogP contribution in [0.3, 0.4) is 0 Å². The van der Waals surface area contributed by atoms with Crippen molar-refractivity contribution < 1.29 is 14.7 Å². The molecule has 1 saturated carbocycles. The van der Waals surface area contributed by atoms with E-state index in [9.17, 15) is 14.7 Å². The van der Waals surface area contributed by atoms with Crippen molar-refractivity contribution in [1.82, 2.24) is 10.2 Å². The molecule has 1 saturated heterocycles. The summed E-state index contributed by atoms with van der Waals surface area (Å²) in [5.41, 5.74) is 0.167. The summed E-state index contributed by atoms with van der Waals surface area (Å²) >= 11 is 0. The molecule has 2 aliphatic rings. The Morgan fingerprint density at radius 1 is 1.25 bits per heavy atom. The molecular weight excluding hydrogens is 256 g/mol. The molecule has 0 aromatic heterocycles. The molecule has 106 valence electrons. The number of carbonyl (C=O) groups excluding carboxylic acids is 2. The molecule has 2 fully saturated rings. The predicted octanol–water partition coefficient (Wildman–Crippen LogP) is 1.16. The average Bonchev–Trinajstić information content (AvgIpc) is 2.90. The number of phenols is 1. The Hall–Kier alpha value is -2.04. The van der Waals surface area contributed by atoms with Crippen LogP contribution in [0.1, 0.15) is 31.2 Å². The highest BCUT2D eigenvalue weighted by atomic mass is 16.3. The molecule has 5 nitrogen and oxygen atoms in total. The molecule has 3 rings (SSSR count). The Bertz CT molecular complexity index is 550. The molecule has 0 bridgehead atoms. The zero-order valence-electron chi connectivity index (χ0n) is 11.3. The Morgan fingerprint density at radius 2 is 2.00 bits per heavy atom. The Balaban J connectivity index is 1.91. The van der Waals surface area contributed by atoms with Gasteiger partial charge in [0.25, 0.3) is 0 Å². The van der Waals surface area contributed by atoms with Gasteiger partial charge in [0.1, 0.15) is 11.3 Å². The van der Waals surface area contributed by atoms with Gasteiger partial charge in [0.15, 0.2) is 0 Å². The zero-order valence-corrected chi connectivity index (χ0v) is 11.3. The average molecular weight is 274 g/mol. The minimum Gasteiger partial charge on any atom is -0.508 e. The molecule has 2 N–H and O–H groups in total. The van der Waals surface area contributed by atoms with E-state index in [1.165, 1.54) is 0 Å². The van der Waals surface area contributed by atoms with Gasteiger partial charge in [-0.05, 0) is 30.5 Å². The summed E-state index contributed by atoms with van der Waals surface area (Å²) < 4.78 is 0. The minimum atomic E-state index is -0.680. The maximum atomic E-state index is 12.3. The van der Waals surface area contributed by atoms with Crippen molar-refractivity contribution in [3.63, 3.8) is 0 Å². The van der Waals surface area contributed by atoms with Crippen LogP contribution in [-0.4, -0.2) is 33.9 Å². The number of carbonyl (C=O) groups is 2.